The summed E-state index contributed by atoms with van der Waals surface area (Å²) in [5, 5.41) is 8.22. The van der Waals surface area contributed by atoms with Crippen molar-refractivity contribution in [2.45, 2.75) is 10.1 Å². The van der Waals surface area contributed by atoms with Crippen LogP contribution in [0.4, 0.5) is 15.8 Å². The summed E-state index contributed by atoms with van der Waals surface area (Å²) in [4.78, 5) is 40.7. The third-order valence-corrected chi connectivity index (χ3v) is 8.11. The molecule has 3 N–H and O–H groups in total. The predicted molar refractivity (Wildman–Crippen MR) is 178 cm³/mol. The Labute approximate surface area is 269 Å². The standard InChI is InChI=1S/C36H27ClFN3O3S/c37-30-16-7-8-17-31(30)40-36(44)33(25-10-3-1-4-11-25)45-29-15-9-14-28(23-29)39-35(43)32(22-24-18-20-27(38)21-19-24)41-34(42)26-12-5-2-6-13-26/h1-23,33H,(H,39,43)(H,40,44)(H,41,42)/b32-22-. The van der Waals surface area contributed by atoms with Gasteiger partial charge in [-0.1, -0.05) is 90.5 Å². The molecule has 224 valence electrons. The molecule has 0 aliphatic carbocycles. The van der Waals surface area contributed by atoms with E-state index in [0.29, 0.717) is 32.4 Å². The number of rotatable bonds is 10. The fourth-order valence-corrected chi connectivity index (χ4v) is 5.58. The molecule has 0 aromatic heterocycles. The number of carbonyl (C=O) groups is 3. The maximum atomic E-state index is 13.5. The van der Waals surface area contributed by atoms with Crippen LogP contribution >= 0.6 is 23.4 Å². The Hall–Kier alpha value is -5.18. The van der Waals surface area contributed by atoms with E-state index in [9.17, 15) is 18.8 Å². The van der Waals surface area contributed by atoms with Crippen molar-refractivity contribution in [1.82, 2.24) is 5.32 Å². The first-order valence-corrected chi connectivity index (χ1v) is 15.1. The van der Waals surface area contributed by atoms with E-state index < -0.39 is 22.9 Å². The van der Waals surface area contributed by atoms with E-state index in [1.54, 1.807) is 72.8 Å². The molecule has 0 fully saturated rings. The van der Waals surface area contributed by atoms with Gasteiger partial charge in [0, 0.05) is 16.1 Å². The van der Waals surface area contributed by atoms with Crippen molar-refractivity contribution < 1.29 is 18.8 Å². The number of carbonyl (C=O) groups excluding carboxylic acids is 3. The first kappa shape index (κ1) is 31.3. The summed E-state index contributed by atoms with van der Waals surface area (Å²) < 4.78 is 13.5. The van der Waals surface area contributed by atoms with Crippen LogP contribution < -0.4 is 16.0 Å². The molecule has 0 heterocycles. The Kier molecular flexibility index (Phi) is 10.4. The second kappa shape index (κ2) is 15.0. The van der Waals surface area contributed by atoms with Crippen molar-refractivity contribution in [2.75, 3.05) is 10.6 Å². The Balaban J connectivity index is 1.37. The molecule has 0 saturated carbocycles. The highest BCUT2D eigenvalue weighted by atomic mass is 35.5. The first-order chi connectivity index (χ1) is 21.9. The van der Waals surface area contributed by atoms with E-state index in [1.807, 2.05) is 36.4 Å². The molecule has 3 amide bonds. The lowest BCUT2D eigenvalue weighted by Crippen LogP contribution is -2.30. The lowest BCUT2D eigenvalue weighted by molar-refractivity contribution is -0.116. The zero-order chi connectivity index (χ0) is 31.6. The largest absolute Gasteiger partial charge is 0.323 e. The molecule has 9 heteroatoms. The van der Waals surface area contributed by atoms with Gasteiger partial charge in [0.1, 0.15) is 16.8 Å². The molecule has 6 nitrogen and oxygen atoms in total. The van der Waals surface area contributed by atoms with Gasteiger partial charge in [-0.2, -0.15) is 0 Å². The zero-order valence-electron chi connectivity index (χ0n) is 23.7. The fourth-order valence-electron chi connectivity index (χ4n) is 4.31. The van der Waals surface area contributed by atoms with Crippen molar-refractivity contribution in [1.29, 1.82) is 0 Å². The predicted octanol–water partition coefficient (Wildman–Crippen LogP) is 8.36. The summed E-state index contributed by atoms with van der Waals surface area (Å²) in [7, 11) is 0. The van der Waals surface area contributed by atoms with Gasteiger partial charge in [-0.3, -0.25) is 14.4 Å². The second-order valence-corrected chi connectivity index (χ2v) is 11.4. The number of halogens is 2. The second-order valence-electron chi connectivity index (χ2n) is 9.79. The van der Waals surface area contributed by atoms with E-state index in [4.69, 9.17) is 11.6 Å². The van der Waals surface area contributed by atoms with Crippen molar-refractivity contribution >= 4 is 58.5 Å². The van der Waals surface area contributed by atoms with Crippen LogP contribution in [0.3, 0.4) is 0 Å². The molecule has 45 heavy (non-hydrogen) atoms. The number of benzene rings is 5. The molecular weight excluding hydrogens is 609 g/mol. The lowest BCUT2D eigenvalue weighted by atomic mass is 10.1. The highest BCUT2D eigenvalue weighted by Gasteiger charge is 2.23. The van der Waals surface area contributed by atoms with Crippen molar-refractivity contribution in [2.24, 2.45) is 0 Å². The van der Waals surface area contributed by atoms with E-state index >= 15 is 0 Å². The normalized spacial score (nSPS) is 11.7. The van der Waals surface area contributed by atoms with Crippen LogP contribution in [0.25, 0.3) is 6.08 Å². The highest BCUT2D eigenvalue weighted by Crippen LogP contribution is 2.37. The van der Waals surface area contributed by atoms with E-state index in [2.05, 4.69) is 16.0 Å². The molecule has 5 aromatic carbocycles. The summed E-state index contributed by atoms with van der Waals surface area (Å²) in [5.74, 6) is -1.74. The smallest absolute Gasteiger partial charge is 0.272 e. The average Bonchev–Trinajstić information content (AvgIpc) is 3.06. The number of hydrogen-bond donors (Lipinski definition) is 3. The molecule has 0 saturated heterocycles. The number of hydrogen-bond acceptors (Lipinski definition) is 4. The van der Waals surface area contributed by atoms with Gasteiger partial charge in [0.25, 0.3) is 11.8 Å². The molecule has 5 rings (SSSR count). The topological polar surface area (TPSA) is 87.3 Å². The number of para-hydroxylation sites is 1. The van der Waals surface area contributed by atoms with E-state index in [1.165, 1.54) is 42.1 Å². The Morgan fingerprint density at radius 2 is 1.40 bits per heavy atom. The van der Waals surface area contributed by atoms with E-state index in [-0.39, 0.29) is 11.6 Å². The summed E-state index contributed by atoms with van der Waals surface area (Å²) in [6.07, 6.45) is 1.47. The average molecular weight is 636 g/mol. The van der Waals surface area contributed by atoms with Crippen LogP contribution in [0.1, 0.15) is 26.7 Å². The van der Waals surface area contributed by atoms with Gasteiger partial charge >= 0.3 is 0 Å². The van der Waals surface area contributed by atoms with E-state index in [0.717, 1.165) is 5.56 Å². The highest BCUT2D eigenvalue weighted by molar-refractivity contribution is 8.00. The van der Waals surface area contributed by atoms with Crippen molar-refractivity contribution in [3.63, 3.8) is 0 Å². The Morgan fingerprint density at radius 3 is 2.11 bits per heavy atom. The van der Waals surface area contributed by atoms with Crippen LogP contribution in [-0.2, 0) is 9.59 Å². The summed E-state index contributed by atoms with van der Waals surface area (Å²) in [6, 6.07) is 37.5. The first-order valence-electron chi connectivity index (χ1n) is 13.9. The Morgan fingerprint density at radius 1 is 0.733 bits per heavy atom. The van der Waals surface area contributed by atoms with Gasteiger partial charge in [0.2, 0.25) is 5.91 Å². The lowest BCUT2D eigenvalue weighted by Gasteiger charge is -2.18. The van der Waals surface area contributed by atoms with Crippen LogP contribution in [0, 0.1) is 5.82 Å². The molecule has 1 unspecified atom stereocenters. The maximum absolute atomic E-state index is 13.5. The minimum Gasteiger partial charge on any atom is -0.323 e. The number of anilines is 2. The minimum atomic E-state index is -0.632. The van der Waals surface area contributed by atoms with Gasteiger partial charge in [-0.05, 0) is 71.8 Å². The molecule has 5 aromatic rings. The summed E-state index contributed by atoms with van der Waals surface area (Å²) >= 11 is 7.60. The molecule has 0 spiro atoms. The molecule has 0 bridgehead atoms. The fraction of sp³-hybridized carbons (Fsp3) is 0.0278. The van der Waals surface area contributed by atoms with Crippen LogP contribution in [0.15, 0.2) is 144 Å². The van der Waals surface area contributed by atoms with Gasteiger partial charge in [0.05, 0.1) is 10.7 Å². The summed E-state index contributed by atoms with van der Waals surface area (Å²) in [5.41, 5.74) is 2.60. The zero-order valence-corrected chi connectivity index (χ0v) is 25.3. The third-order valence-electron chi connectivity index (χ3n) is 6.53. The molecule has 1 atom stereocenters. The maximum Gasteiger partial charge on any atom is 0.272 e. The quantitative estimate of drug-likeness (QED) is 0.106. The van der Waals surface area contributed by atoms with Crippen molar-refractivity contribution in [3.05, 3.63) is 167 Å². The van der Waals surface area contributed by atoms with Gasteiger partial charge < -0.3 is 16.0 Å². The van der Waals surface area contributed by atoms with Crippen LogP contribution in [0.5, 0.6) is 0 Å². The molecule has 0 radical (unpaired) electrons. The number of amides is 3. The monoisotopic (exact) mass is 635 g/mol. The van der Waals surface area contributed by atoms with Crippen LogP contribution in [0.2, 0.25) is 5.02 Å². The Bertz CT molecular complexity index is 1830. The van der Waals surface area contributed by atoms with Gasteiger partial charge in [0.15, 0.2) is 0 Å². The van der Waals surface area contributed by atoms with Crippen molar-refractivity contribution in [3.8, 4) is 0 Å². The molecule has 0 aliphatic rings. The molecule has 0 aliphatic heterocycles. The SMILES string of the molecule is O=C(Nc1cccc(SC(C(=O)Nc2ccccc2Cl)c2ccccc2)c1)/C(=C/c1ccc(F)cc1)NC(=O)c1ccccc1. The third kappa shape index (κ3) is 8.69. The van der Waals surface area contributed by atoms with Crippen LogP contribution in [-0.4, -0.2) is 17.7 Å². The number of thioether (sulfide) groups is 1. The minimum absolute atomic E-state index is 0.0326. The van der Waals surface area contributed by atoms with Gasteiger partial charge in [-0.15, -0.1) is 11.8 Å². The number of nitrogens with one attached hydrogen (secondary N) is 3. The van der Waals surface area contributed by atoms with Gasteiger partial charge in [-0.25, -0.2) is 4.39 Å². The summed E-state index contributed by atoms with van der Waals surface area (Å²) in [6.45, 7) is 0. The molecular formula is C36H27ClFN3O3S.